The molecule has 0 aliphatic carbocycles. The summed E-state index contributed by atoms with van der Waals surface area (Å²) in [6.45, 7) is 5.71. The van der Waals surface area contributed by atoms with Gasteiger partial charge in [-0.1, -0.05) is 19.9 Å². The summed E-state index contributed by atoms with van der Waals surface area (Å²) >= 11 is 0. The molecule has 0 spiro atoms. The lowest BCUT2D eigenvalue weighted by molar-refractivity contribution is -0.141. The van der Waals surface area contributed by atoms with E-state index in [0.29, 0.717) is 16.6 Å². The summed E-state index contributed by atoms with van der Waals surface area (Å²) in [4.78, 5) is 15.4. The van der Waals surface area contributed by atoms with Crippen molar-refractivity contribution in [2.24, 2.45) is 0 Å². The van der Waals surface area contributed by atoms with E-state index in [9.17, 15) is 9.18 Å². The Labute approximate surface area is 160 Å². The minimum absolute atomic E-state index is 0.122. The fourth-order valence-electron chi connectivity index (χ4n) is 2.83. The van der Waals surface area contributed by atoms with Crippen molar-refractivity contribution in [1.29, 1.82) is 0 Å². The Balaban J connectivity index is 0.00000109. The number of esters is 1. The van der Waals surface area contributed by atoms with Crippen LogP contribution in [0.2, 0.25) is 0 Å². The van der Waals surface area contributed by atoms with E-state index in [1.807, 2.05) is 32.0 Å². The monoisotopic (exact) mass is 384 g/mol. The van der Waals surface area contributed by atoms with Crippen molar-refractivity contribution in [2.75, 3.05) is 12.3 Å². The topological polar surface area (TPSA) is 100 Å². The van der Waals surface area contributed by atoms with Crippen molar-refractivity contribution in [3.63, 3.8) is 0 Å². The number of rotatable bonds is 4. The molecule has 0 aliphatic rings. The second-order valence-electron chi connectivity index (χ2n) is 5.73. The number of nitrogen functional groups attached to an aromatic ring is 1. The number of carbonyl (C=O) groups is 1. The number of pyridine rings is 2. The Bertz CT molecular complexity index is 1130. The van der Waals surface area contributed by atoms with Gasteiger partial charge in [0, 0.05) is 18.7 Å². The van der Waals surface area contributed by atoms with Crippen LogP contribution in [0.1, 0.15) is 20.8 Å². The highest BCUT2D eigenvalue weighted by Crippen LogP contribution is 2.29. The van der Waals surface area contributed by atoms with Gasteiger partial charge in [0.2, 0.25) is 0 Å². The third kappa shape index (κ3) is 3.51. The van der Waals surface area contributed by atoms with Crippen molar-refractivity contribution in [3.05, 3.63) is 42.5 Å². The van der Waals surface area contributed by atoms with Crippen LogP contribution in [0.25, 0.3) is 27.8 Å². The molecule has 0 aromatic carbocycles. The van der Waals surface area contributed by atoms with Crippen molar-refractivity contribution >= 4 is 28.3 Å². The van der Waals surface area contributed by atoms with Crippen LogP contribution in [0.3, 0.4) is 0 Å². The van der Waals surface area contributed by atoms with Crippen molar-refractivity contribution in [3.8, 4) is 11.3 Å². The Morgan fingerprint density at radius 1 is 1.32 bits per heavy atom. The highest BCUT2D eigenvalue weighted by molar-refractivity contribution is 5.90. The number of aromatic nitrogens is 5. The number of nitrogens with two attached hydrogens (primary N) is 1. The third-order valence-electron chi connectivity index (χ3n) is 3.99. The maximum absolute atomic E-state index is 14.7. The van der Waals surface area contributed by atoms with E-state index >= 15 is 0 Å². The number of nitrogens with zero attached hydrogens (tertiary/aromatic N) is 5. The molecule has 0 bridgehead atoms. The summed E-state index contributed by atoms with van der Waals surface area (Å²) in [7, 11) is 0. The summed E-state index contributed by atoms with van der Waals surface area (Å²) in [5.41, 5.74) is 7.75. The number of hydrogen-bond donors (Lipinski definition) is 1. The second kappa shape index (κ2) is 8.03. The molecule has 4 aromatic rings. The zero-order valence-electron chi connectivity index (χ0n) is 15.9. The Kier molecular flexibility index (Phi) is 5.53. The third-order valence-corrected chi connectivity index (χ3v) is 3.99. The van der Waals surface area contributed by atoms with E-state index in [1.54, 1.807) is 16.9 Å². The molecule has 28 heavy (non-hydrogen) atoms. The zero-order chi connectivity index (χ0) is 20.3. The van der Waals surface area contributed by atoms with Gasteiger partial charge in [-0.2, -0.15) is 10.2 Å². The van der Waals surface area contributed by atoms with Crippen LogP contribution in [0.4, 0.5) is 10.2 Å². The molecule has 0 atom stereocenters. The van der Waals surface area contributed by atoms with E-state index in [0.717, 1.165) is 5.52 Å². The van der Waals surface area contributed by atoms with Crippen LogP contribution in [-0.2, 0) is 16.1 Å². The maximum Gasteiger partial charge on any atom is 0.302 e. The Morgan fingerprint density at radius 2 is 2.11 bits per heavy atom. The first-order valence-electron chi connectivity index (χ1n) is 8.93. The lowest BCUT2D eigenvalue weighted by Gasteiger charge is -2.05. The van der Waals surface area contributed by atoms with Gasteiger partial charge in [0.05, 0.1) is 23.6 Å². The maximum atomic E-state index is 14.7. The standard InChI is InChI=1S/C17H15FN6O2.C2H6/c1-10(25)26-7-6-24-17-11(16(19)22-24)8-13(18)15(21-17)12-9-20-23-5-3-2-4-14(12)23;1-2/h2-5,8-9H,6-7H2,1H3,(H2,19,22);1-2H3. The van der Waals surface area contributed by atoms with Crippen molar-refractivity contribution in [2.45, 2.75) is 27.3 Å². The smallest absolute Gasteiger partial charge is 0.302 e. The SMILES string of the molecule is CC.CC(=O)OCCn1nc(N)c2cc(F)c(-c3cnn4ccccc34)nc21. The molecule has 2 N–H and O–H groups in total. The van der Waals surface area contributed by atoms with Gasteiger partial charge in [-0.3, -0.25) is 4.79 Å². The molecule has 0 unspecified atom stereocenters. The van der Waals surface area contributed by atoms with Crippen LogP contribution < -0.4 is 5.73 Å². The molecule has 0 saturated carbocycles. The van der Waals surface area contributed by atoms with Crippen molar-refractivity contribution < 1.29 is 13.9 Å². The van der Waals surface area contributed by atoms with Crippen LogP contribution in [0.15, 0.2) is 36.7 Å². The Morgan fingerprint density at radius 3 is 2.86 bits per heavy atom. The molecule has 4 heterocycles. The molecule has 0 radical (unpaired) electrons. The van der Waals surface area contributed by atoms with Gasteiger partial charge < -0.3 is 10.5 Å². The molecule has 0 amide bonds. The normalized spacial score (nSPS) is 10.7. The summed E-state index contributed by atoms with van der Waals surface area (Å²) < 4.78 is 22.8. The van der Waals surface area contributed by atoms with E-state index in [4.69, 9.17) is 10.5 Å². The van der Waals surface area contributed by atoms with Gasteiger partial charge in [-0.05, 0) is 18.2 Å². The molecular formula is C19H21FN6O2. The first kappa shape index (κ1) is 19.3. The lowest BCUT2D eigenvalue weighted by atomic mass is 10.1. The van der Waals surface area contributed by atoms with E-state index < -0.39 is 5.82 Å². The summed E-state index contributed by atoms with van der Waals surface area (Å²) in [5, 5.41) is 8.79. The molecule has 4 aromatic heterocycles. The van der Waals surface area contributed by atoms with Crippen LogP contribution in [0, 0.1) is 5.82 Å². The predicted molar refractivity (Wildman–Crippen MR) is 104 cm³/mol. The fraction of sp³-hybridized carbons (Fsp3) is 0.263. The predicted octanol–water partition coefficient (Wildman–Crippen LogP) is 3.06. The fourth-order valence-corrected chi connectivity index (χ4v) is 2.83. The van der Waals surface area contributed by atoms with Crippen LogP contribution >= 0.6 is 0 Å². The summed E-state index contributed by atoms with van der Waals surface area (Å²) in [5.74, 6) is -0.733. The number of halogens is 1. The van der Waals surface area contributed by atoms with Gasteiger partial charge in [0.25, 0.3) is 0 Å². The first-order valence-corrected chi connectivity index (χ1v) is 8.93. The van der Waals surface area contributed by atoms with Gasteiger partial charge in [0.1, 0.15) is 12.3 Å². The van der Waals surface area contributed by atoms with Crippen LogP contribution in [0.5, 0.6) is 0 Å². The first-order chi connectivity index (χ1) is 13.5. The largest absolute Gasteiger partial charge is 0.464 e. The molecule has 146 valence electrons. The van der Waals surface area contributed by atoms with Crippen molar-refractivity contribution in [1.82, 2.24) is 24.4 Å². The number of ether oxygens (including phenoxy) is 1. The number of anilines is 1. The van der Waals surface area contributed by atoms with Gasteiger partial charge in [-0.25, -0.2) is 18.6 Å². The van der Waals surface area contributed by atoms with Crippen LogP contribution in [-0.4, -0.2) is 37.0 Å². The number of hydrogen-bond acceptors (Lipinski definition) is 6. The summed E-state index contributed by atoms with van der Waals surface area (Å²) in [6.07, 6.45) is 3.34. The summed E-state index contributed by atoms with van der Waals surface area (Å²) in [6, 6.07) is 6.83. The van der Waals surface area contributed by atoms with Gasteiger partial charge >= 0.3 is 5.97 Å². The Hall–Kier alpha value is -3.49. The minimum Gasteiger partial charge on any atom is -0.464 e. The highest BCUT2D eigenvalue weighted by Gasteiger charge is 2.18. The number of carbonyl (C=O) groups excluding carboxylic acids is 1. The molecule has 9 heteroatoms. The zero-order valence-corrected chi connectivity index (χ0v) is 15.9. The van der Waals surface area contributed by atoms with Gasteiger partial charge in [0.15, 0.2) is 17.3 Å². The van der Waals surface area contributed by atoms with E-state index in [-0.39, 0.29) is 30.6 Å². The highest BCUT2D eigenvalue weighted by atomic mass is 19.1. The van der Waals surface area contributed by atoms with E-state index in [1.165, 1.54) is 17.7 Å². The average molecular weight is 384 g/mol. The van der Waals surface area contributed by atoms with E-state index in [2.05, 4.69) is 15.2 Å². The minimum atomic E-state index is -0.512. The molecule has 0 aliphatic heterocycles. The lowest BCUT2D eigenvalue weighted by Crippen LogP contribution is -2.10. The second-order valence-corrected chi connectivity index (χ2v) is 5.73. The molecule has 8 nitrogen and oxygen atoms in total. The quantitative estimate of drug-likeness (QED) is 0.543. The molecular weight excluding hydrogens is 363 g/mol. The average Bonchev–Trinajstić information content (AvgIpc) is 3.24. The van der Waals surface area contributed by atoms with Gasteiger partial charge in [-0.15, -0.1) is 0 Å². The number of fused-ring (bicyclic) bond motifs is 2. The molecule has 0 saturated heterocycles. The molecule has 0 fully saturated rings. The molecule has 4 rings (SSSR count).